The Balaban J connectivity index is 2.01. The smallest absolute Gasteiger partial charge is 0.134 e. The van der Waals surface area contributed by atoms with Crippen molar-refractivity contribution in [3.63, 3.8) is 0 Å². The first-order chi connectivity index (χ1) is 8.24. The molecule has 0 aromatic heterocycles. The molecule has 2 aliphatic heterocycles. The first-order valence-corrected chi connectivity index (χ1v) is 6.41. The van der Waals surface area contributed by atoms with Crippen LogP contribution in [-0.2, 0) is 9.47 Å². The number of hydrogen-bond acceptors (Lipinski definition) is 5. The van der Waals surface area contributed by atoms with Crippen molar-refractivity contribution >= 4 is 15.9 Å². The minimum Gasteiger partial charge on any atom is -0.394 e. The topological polar surface area (TPSA) is 62.2 Å². The van der Waals surface area contributed by atoms with E-state index in [0.29, 0.717) is 19.8 Å². The van der Waals surface area contributed by atoms with E-state index < -0.39 is 12.2 Å². The Kier molecular flexibility index (Phi) is 4.58. The van der Waals surface area contributed by atoms with Crippen LogP contribution in [0.1, 0.15) is 6.42 Å². The summed E-state index contributed by atoms with van der Waals surface area (Å²) in [7, 11) is 0. The molecule has 0 aromatic carbocycles. The van der Waals surface area contributed by atoms with Crippen LogP contribution in [0.5, 0.6) is 0 Å². The van der Waals surface area contributed by atoms with Gasteiger partial charge in [0.15, 0.2) is 0 Å². The number of aliphatic hydroxyl groups is 2. The summed E-state index contributed by atoms with van der Waals surface area (Å²) in [5.41, 5.74) is 1.03. The Labute approximate surface area is 108 Å². The van der Waals surface area contributed by atoms with Crippen molar-refractivity contribution < 1.29 is 19.7 Å². The zero-order chi connectivity index (χ0) is 12.3. The molecule has 3 atom stereocenters. The van der Waals surface area contributed by atoms with E-state index in [1.807, 2.05) is 17.2 Å². The van der Waals surface area contributed by atoms with E-state index in [-0.39, 0.29) is 12.8 Å². The molecule has 0 bridgehead atoms. The van der Waals surface area contributed by atoms with Crippen molar-refractivity contribution in [2.45, 2.75) is 24.9 Å². The summed E-state index contributed by atoms with van der Waals surface area (Å²) in [6.45, 7) is 0.844. The van der Waals surface area contributed by atoms with Gasteiger partial charge in [-0.15, -0.1) is 0 Å². The predicted molar refractivity (Wildman–Crippen MR) is 65.2 cm³/mol. The minimum absolute atomic E-state index is 0.162. The Morgan fingerprint density at radius 1 is 1.59 bits per heavy atom. The summed E-state index contributed by atoms with van der Waals surface area (Å²) in [4.78, 5) is 3.66. The summed E-state index contributed by atoms with van der Waals surface area (Å²) in [6, 6.07) is 0. The lowest BCUT2D eigenvalue weighted by molar-refractivity contribution is -0.0969. The van der Waals surface area contributed by atoms with Gasteiger partial charge in [-0.3, -0.25) is 0 Å². The molecule has 0 saturated carbocycles. The average molecular weight is 306 g/mol. The van der Waals surface area contributed by atoms with E-state index in [0.717, 1.165) is 5.57 Å². The van der Waals surface area contributed by atoms with Gasteiger partial charge in [0, 0.05) is 12.6 Å². The highest BCUT2D eigenvalue weighted by Gasteiger charge is 2.36. The van der Waals surface area contributed by atoms with Gasteiger partial charge in [0.1, 0.15) is 19.1 Å². The number of nitrogens with zero attached hydrogens (tertiary/aromatic N) is 1. The Hall–Kier alpha value is -0.400. The van der Waals surface area contributed by atoms with Crippen LogP contribution in [0.25, 0.3) is 0 Å². The summed E-state index contributed by atoms with van der Waals surface area (Å²) in [5.74, 6) is 0. The van der Waals surface area contributed by atoms with Crippen molar-refractivity contribution in [3.8, 4) is 0 Å². The fraction of sp³-hybridized carbons (Fsp3) is 0.636. The summed E-state index contributed by atoms with van der Waals surface area (Å²) >= 11 is 3.22. The molecule has 0 aromatic rings. The van der Waals surface area contributed by atoms with E-state index in [9.17, 15) is 5.11 Å². The fourth-order valence-corrected chi connectivity index (χ4v) is 2.32. The Bertz CT molecular complexity index is 321. The van der Waals surface area contributed by atoms with E-state index in [4.69, 9.17) is 14.6 Å². The second-order valence-corrected chi connectivity index (χ2v) is 4.63. The highest BCUT2D eigenvalue weighted by Crippen LogP contribution is 2.25. The average Bonchev–Trinajstić information content (AvgIpc) is 2.71. The van der Waals surface area contributed by atoms with Crippen molar-refractivity contribution in [2.75, 3.05) is 19.9 Å². The van der Waals surface area contributed by atoms with Gasteiger partial charge in [0.2, 0.25) is 0 Å². The maximum absolute atomic E-state index is 9.66. The van der Waals surface area contributed by atoms with Gasteiger partial charge in [0.25, 0.3) is 0 Å². The highest BCUT2D eigenvalue weighted by atomic mass is 79.9. The van der Waals surface area contributed by atoms with Crippen LogP contribution < -0.4 is 0 Å². The monoisotopic (exact) mass is 305 g/mol. The minimum atomic E-state index is -0.615. The molecule has 6 heteroatoms. The molecule has 0 spiro atoms. The standard InChI is InChI=1S/C11H16BrNO4/c12-2-1-8-4-13(7-16-6-8)11-3-9(15)10(5-14)17-11/h1-2,4,9-11,14-15H,3,5-7H2/b2-1+. The molecule has 3 unspecified atom stereocenters. The third-order valence-electron chi connectivity index (χ3n) is 2.87. The fourth-order valence-electron chi connectivity index (χ4n) is 1.98. The zero-order valence-corrected chi connectivity index (χ0v) is 10.9. The highest BCUT2D eigenvalue weighted by molar-refractivity contribution is 9.11. The van der Waals surface area contributed by atoms with Crippen LogP contribution in [0.15, 0.2) is 22.8 Å². The second kappa shape index (κ2) is 5.97. The van der Waals surface area contributed by atoms with Crippen molar-refractivity contribution in [1.82, 2.24) is 4.90 Å². The number of aliphatic hydroxyl groups excluding tert-OH is 2. The number of ether oxygens (including phenoxy) is 2. The number of halogens is 1. The van der Waals surface area contributed by atoms with E-state index >= 15 is 0 Å². The van der Waals surface area contributed by atoms with Crippen LogP contribution >= 0.6 is 15.9 Å². The molecule has 1 fully saturated rings. The van der Waals surface area contributed by atoms with E-state index in [1.165, 1.54) is 0 Å². The largest absolute Gasteiger partial charge is 0.394 e. The SMILES string of the molecule is OCC1OC(N2C=C(/C=C/Br)COC2)CC1O. The number of rotatable bonds is 3. The van der Waals surface area contributed by atoms with Gasteiger partial charge in [-0.05, 0) is 16.6 Å². The first kappa shape index (κ1) is 13.0. The molecule has 17 heavy (non-hydrogen) atoms. The predicted octanol–water partition coefficient (Wildman–Crippen LogP) is 0.537. The normalized spacial score (nSPS) is 34.4. The lowest BCUT2D eigenvalue weighted by atomic mass is 10.2. The molecule has 5 nitrogen and oxygen atoms in total. The van der Waals surface area contributed by atoms with Gasteiger partial charge < -0.3 is 24.6 Å². The molecule has 96 valence electrons. The maximum atomic E-state index is 9.66. The summed E-state index contributed by atoms with van der Waals surface area (Å²) in [5, 5.41) is 18.7. The van der Waals surface area contributed by atoms with Crippen LogP contribution in [0.2, 0.25) is 0 Å². The summed E-state index contributed by atoms with van der Waals surface area (Å²) < 4.78 is 11.0. The van der Waals surface area contributed by atoms with Crippen LogP contribution in [0, 0.1) is 0 Å². The third-order valence-corrected chi connectivity index (χ3v) is 3.14. The molecule has 2 rings (SSSR count). The molecule has 0 amide bonds. The van der Waals surface area contributed by atoms with Gasteiger partial charge in [-0.25, -0.2) is 0 Å². The molecule has 2 heterocycles. The van der Waals surface area contributed by atoms with Crippen molar-refractivity contribution in [2.24, 2.45) is 0 Å². The van der Waals surface area contributed by atoms with Crippen LogP contribution in [-0.4, -0.2) is 53.5 Å². The molecule has 1 saturated heterocycles. The number of hydrogen-bond donors (Lipinski definition) is 2. The molecular weight excluding hydrogens is 290 g/mol. The third kappa shape index (κ3) is 3.08. The first-order valence-electron chi connectivity index (χ1n) is 5.50. The Morgan fingerprint density at radius 2 is 2.41 bits per heavy atom. The summed E-state index contributed by atoms with van der Waals surface area (Å²) in [6.07, 6.45) is 3.00. The Morgan fingerprint density at radius 3 is 3.06 bits per heavy atom. The van der Waals surface area contributed by atoms with Crippen LogP contribution in [0.4, 0.5) is 0 Å². The molecule has 0 radical (unpaired) electrons. The van der Waals surface area contributed by atoms with Gasteiger partial charge in [-0.2, -0.15) is 0 Å². The van der Waals surface area contributed by atoms with E-state index in [1.54, 1.807) is 4.99 Å². The quantitative estimate of drug-likeness (QED) is 0.797. The lowest BCUT2D eigenvalue weighted by Crippen LogP contribution is -2.36. The van der Waals surface area contributed by atoms with Gasteiger partial charge >= 0.3 is 0 Å². The molecule has 0 aliphatic carbocycles. The lowest BCUT2D eigenvalue weighted by Gasteiger charge is -2.30. The van der Waals surface area contributed by atoms with Crippen molar-refractivity contribution in [1.29, 1.82) is 0 Å². The van der Waals surface area contributed by atoms with Gasteiger partial charge in [-0.1, -0.05) is 15.9 Å². The maximum Gasteiger partial charge on any atom is 0.134 e. The van der Waals surface area contributed by atoms with Crippen LogP contribution in [0.3, 0.4) is 0 Å². The van der Waals surface area contributed by atoms with Gasteiger partial charge in [0.05, 0.1) is 19.3 Å². The zero-order valence-electron chi connectivity index (χ0n) is 9.33. The van der Waals surface area contributed by atoms with Crippen molar-refractivity contribution in [3.05, 3.63) is 22.8 Å². The molecular formula is C11H16BrNO4. The van der Waals surface area contributed by atoms with E-state index in [2.05, 4.69) is 15.9 Å². The molecule has 2 aliphatic rings. The second-order valence-electron chi connectivity index (χ2n) is 4.10. The molecule has 2 N–H and O–H groups in total.